The summed E-state index contributed by atoms with van der Waals surface area (Å²) in [6.07, 6.45) is 0. The van der Waals surface area contributed by atoms with E-state index in [0.717, 1.165) is 45.0 Å². The summed E-state index contributed by atoms with van der Waals surface area (Å²) in [5, 5.41) is 7.33. The van der Waals surface area contributed by atoms with Gasteiger partial charge in [0.05, 0.1) is 22.1 Å². The normalized spacial score (nSPS) is 12.1. The first-order chi connectivity index (χ1) is 30.2. The fourth-order valence-corrected chi connectivity index (χ4v) is 9.91. The lowest BCUT2D eigenvalue weighted by Crippen LogP contribution is -1.99. The smallest absolute Gasteiger partial charge is 0.135 e. The van der Waals surface area contributed by atoms with Gasteiger partial charge in [0.25, 0.3) is 0 Å². The number of hydrogen-bond acceptors (Lipinski definition) is 1. The third-order valence-electron chi connectivity index (χ3n) is 12.7. The first-order valence-electron chi connectivity index (χ1n) is 20.9. The summed E-state index contributed by atoms with van der Waals surface area (Å²) in [6, 6.07) is 79.0. The van der Waals surface area contributed by atoms with Crippen LogP contribution < -0.4 is 4.74 Å². The van der Waals surface area contributed by atoms with E-state index in [9.17, 15) is 0 Å². The lowest BCUT2D eigenvalue weighted by Gasteiger charge is -2.23. The van der Waals surface area contributed by atoms with E-state index in [1.54, 1.807) is 0 Å². The van der Waals surface area contributed by atoms with Gasteiger partial charge in [0, 0.05) is 43.9 Å². The van der Waals surface area contributed by atoms with Gasteiger partial charge in [-0.1, -0.05) is 146 Å². The van der Waals surface area contributed by atoms with Crippen LogP contribution in [0.25, 0.3) is 110 Å². The maximum atomic E-state index is 6.83. The number of benzene rings is 10. The van der Waals surface area contributed by atoms with Crippen molar-refractivity contribution in [2.45, 2.75) is 0 Å². The monoisotopic (exact) mass is 776 g/mol. The summed E-state index contributed by atoms with van der Waals surface area (Å²) < 4.78 is 11.6. The van der Waals surface area contributed by atoms with Crippen molar-refractivity contribution in [3.63, 3.8) is 0 Å². The number of rotatable bonds is 5. The zero-order valence-electron chi connectivity index (χ0n) is 33.1. The molecule has 284 valence electrons. The summed E-state index contributed by atoms with van der Waals surface area (Å²) >= 11 is 0. The fraction of sp³-hybridized carbons (Fsp3) is 0. The summed E-state index contributed by atoms with van der Waals surface area (Å²) in [5.74, 6) is 1.76. The van der Waals surface area contributed by atoms with Crippen LogP contribution >= 0.6 is 0 Å². The molecule has 3 heteroatoms. The zero-order valence-corrected chi connectivity index (χ0v) is 33.1. The Morgan fingerprint density at radius 2 is 0.770 bits per heavy atom. The van der Waals surface area contributed by atoms with Crippen molar-refractivity contribution in [1.82, 2.24) is 9.13 Å². The van der Waals surface area contributed by atoms with Gasteiger partial charge < -0.3 is 13.9 Å². The Morgan fingerprint density at radius 3 is 1.49 bits per heavy atom. The second-order valence-corrected chi connectivity index (χ2v) is 16.1. The molecule has 12 aromatic rings. The van der Waals surface area contributed by atoms with E-state index in [1.165, 1.54) is 76.8 Å². The molecular weight excluding hydrogens is 741 g/mol. The molecule has 0 bridgehead atoms. The average molecular weight is 777 g/mol. The van der Waals surface area contributed by atoms with Gasteiger partial charge in [0.15, 0.2) is 0 Å². The number of ether oxygens (including phenoxy) is 1. The maximum Gasteiger partial charge on any atom is 0.135 e. The maximum absolute atomic E-state index is 6.83. The van der Waals surface area contributed by atoms with E-state index in [0.29, 0.717) is 0 Å². The minimum Gasteiger partial charge on any atom is -0.456 e. The molecule has 0 atom stereocenters. The zero-order chi connectivity index (χ0) is 40.0. The Balaban J connectivity index is 0.912. The molecule has 13 rings (SSSR count). The fourth-order valence-electron chi connectivity index (χ4n) is 9.91. The van der Waals surface area contributed by atoms with E-state index in [2.05, 4.69) is 228 Å². The molecule has 0 saturated heterocycles. The average Bonchev–Trinajstić information content (AvgIpc) is 3.85. The van der Waals surface area contributed by atoms with E-state index in [4.69, 9.17) is 4.74 Å². The van der Waals surface area contributed by atoms with Crippen LogP contribution in [-0.2, 0) is 0 Å². The molecule has 0 aliphatic carbocycles. The Hall–Kier alpha value is -8.14. The summed E-state index contributed by atoms with van der Waals surface area (Å²) in [4.78, 5) is 0. The number of nitrogens with zero attached hydrogens (tertiary/aromatic N) is 2. The largest absolute Gasteiger partial charge is 0.456 e. The molecule has 3 nitrogen and oxygen atoms in total. The molecular formula is C58H36N2O. The van der Waals surface area contributed by atoms with Gasteiger partial charge in [-0.3, -0.25) is 0 Å². The van der Waals surface area contributed by atoms with Crippen molar-refractivity contribution in [3.8, 4) is 67.4 Å². The van der Waals surface area contributed by atoms with Crippen molar-refractivity contribution in [3.05, 3.63) is 218 Å². The Bertz CT molecular complexity index is 3690. The van der Waals surface area contributed by atoms with E-state index in [1.807, 2.05) is 0 Å². The van der Waals surface area contributed by atoms with Gasteiger partial charge in [0.1, 0.15) is 11.5 Å². The highest BCUT2D eigenvalue weighted by Gasteiger charge is 2.25. The molecule has 1 aliphatic rings. The highest BCUT2D eigenvalue weighted by Crippen LogP contribution is 2.51. The van der Waals surface area contributed by atoms with Gasteiger partial charge in [-0.2, -0.15) is 0 Å². The van der Waals surface area contributed by atoms with Crippen LogP contribution in [0.1, 0.15) is 0 Å². The van der Waals surface area contributed by atoms with Crippen LogP contribution in [0.4, 0.5) is 0 Å². The van der Waals surface area contributed by atoms with Crippen molar-refractivity contribution < 1.29 is 4.74 Å². The molecule has 0 amide bonds. The van der Waals surface area contributed by atoms with Gasteiger partial charge in [0.2, 0.25) is 0 Å². The molecule has 1 aliphatic heterocycles. The van der Waals surface area contributed by atoms with E-state index in [-0.39, 0.29) is 0 Å². The van der Waals surface area contributed by atoms with Crippen molar-refractivity contribution in [2.24, 2.45) is 0 Å². The van der Waals surface area contributed by atoms with Crippen molar-refractivity contribution in [2.75, 3.05) is 0 Å². The minimum atomic E-state index is 0.868. The number of hydrogen-bond donors (Lipinski definition) is 0. The van der Waals surface area contributed by atoms with Crippen LogP contribution in [0.2, 0.25) is 0 Å². The molecule has 3 heterocycles. The first kappa shape index (κ1) is 33.8. The van der Waals surface area contributed by atoms with Gasteiger partial charge in [-0.15, -0.1) is 0 Å². The number of para-hydroxylation sites is 2. The van der Waals surface area contributed by atoms with Crippen molar-refractivity contribution >= 4 is 54.4 Å². The highest BCUT2D eigenvalue weighted by atomic mass is 16.5. The van der Waals surface area contributed by atoms with Crippen LogP contribution in [0.15, 0.2) is 218 Å². The van der Waals surface area contributed by atoms with Gasteiger partial charge >= 0.3 is 0 Å². The molecule has 0 N–H and O–H groups in total. The quantitative estimate of drug-likeness (QED) is 0.170. The van der Waals surface area contributed by atoms with Crippen LogP contribution in [0.3, 0.4) is 0 Å². The summed E-state index contributed by atoms with van der Waals surface area (Å²) in [5.41, 5.74) is 16.4. The van der Waals surface area contributed by atoms with Crippen molar-refractivity contribution in [1.29, 1.82) is 0 Å². The minimum absolute atomic E-state index is 0.868. The van der Waals surface area contributed by atoms with Crippen LogP contribution in [-0.4, -0.2) is 9.13 Å². The first-order valence-corrected chi connectivity index (χ1v) is 20.9. The molecule has 10 aromatic carbocycles. The topological polar surface area (TPSA) is 19.1 Å². The predicted molar refractivity (Wildman–Crippen MR) is 254 cm³/mol. The lowest BCUT2D eigenvalue weighted by molar-refractivity contribution is 0.487. The Kier molecular flexibility index (Phi) is 7.31. The number of aromatic nitrogens is 2. The van der Waals surface area contributed by atoms with Gasteiger partial charge in [-0.05, 0) is 117 Å². The highest BCUT2D eigenvalue weighted by molar-refractivity contribution is 6.26. The van der Waals surface area contributed by atoms with E-state index >= 15 is 0 Å². The molecule has 0 saturated carbocycles. The van der Waals surface area contributed by atoms with Crippen LogP contribution in [0, 0.1) is 0 Å². The third kappa shape index (κ3) is 5.17. The lowest BCUT2D eigenvalue weighted by atomic mass is 9.91. The molecule has 61 heavy (non-hydrogen) atoms. The predicted octanol–water partition coefficient (Wildman–Crippen LogP) is 15.8. The SMILES string of the molecule is c1ccc(-c2ccc(-n3c4ccccc4c4c5cccc6c5c(cc43)-c3ccc(-c4ccc(-n5c7ccccc7c7cc(-c8ccccc8)ccc75)cc4)cc3O6)cc2)cc1. The molecule has 2 aromatic heterocycles. The Morgan fingerprint density at radius 1 is 0.262 bits per heavy atom. The van der Waals surface area contributed by atoms with Gasteiger partial charge in [-0.25, -0.2) is 0 Å². The number of fused-ring (bicyclic) bond motifs is 9. The second-order valence-electron chi connectivity index (χ2n) is 16.1. The summed E-state index contributed by atoms with van der Waals surface area (Å²) in [6.45, 7) is 0. The standard InChI is InChI=1S/C58H36N2O/c1-3-12-37(13-4-1)39-22-28-44(29-23-39)60-52-20-10-8-17-47(52)57-48-18-11-21-55-58(48)50(36-54(57)60)46-32-26-42(35-56(46)61-55)40-24-30-43(31-25-40)59-51-19-9-7-16-45(51)49-34-41(27-33-53(49)59)38-14-5-2-6-15-38/h1-36H. The summed E-state index contributed by atoms with van der Waals surface area (Å²) in [7, 11) is 0. The second kappa shape index (κ2) is 13.2. The van der Waals surface area contributed by atoms with E-state index < -0.39 is 0 Å². The molecule has 0 radical (unpaired) electrons. The molecule has 0 unspecified atom stereocenters. The molecule has 0 fully saturated rings. The molecule has 0 spiro atoms. The third-order valence-corrected chi connectivity index (χ3v) is 12.7. The Labute approximate surface area is 352 Å². The van der Waals surface area contributed by atoms with Crippen LogP contribution in [0.5, 0.6) is 11.5 Å².